The van der Waals surface area contributed by atoms with E-state index in [4.69, 9.17) is 0 Å². The van der Waals surface area contributed by atoms with E-state index in [1.54, 1.807) is 37.1 Å². The fourth-order valence-electron chi connectivity index (χ4n) is 9.51. The molecule has 1 fully saturated rings. The summed E-state index contributed by atoms with van der Waals surface area (Å²) in [5.41, 5.74) is 2.62. The zero-order valence-electron chi connectivity index (χ0n) is 41.3. The van der Waals surface area contributed by atoms with Crippen molar-refractivity contribution >= 4 is 96.8 Å². The van der Waals surface area contributed by atoms with Gasteiger partial charge in [0.15, 0.2) is 0 Å². The zero-order valence-corrected chi connectivity index (χ0v) is 48.5. The molecule has 9 rings (SSSR count). The first-order valence-corrected chi connectivity index (χ1v) is 42.0. The molecule has 0 nitrogen and oxygen atoms in total. The van der Waals surface area contributed by atoms with Crippen molar-refractivity contribution in [1.82, 2.24) is 0 Å². The highest BCUT2D eigenvalue weighted by atomic mass is 32.9. The summed E-state index contributed by atoms with van der Waals surface area (Å²) in [7, 11) is -3.79. The van der Waals surface area contributed by atoms with Gasteiger partial charge >= 0.3 is 0 Å². The Morgan fingerprint density at radius 3 is 0.944 bits per heavy atom. The summed E-state index contributed by atoms with van der Waals surface area (Å²) in [6.45, 7) is 0. The van der Waals surface area contributed by atoms with Crippen molar-refractivity contribution in [2.45, 2.75) is 83.5 Å². The third-order valence-corrected chi connectivity index (χ3v) is 66.7. The van der Waals surface area contributed by atoms with Gasteiger partial charge in [-0.2, -0.15) is 0 Å². The van der Waals surface area contributed by atoms with Gasteiger partial charge in [-0.05, 0) is 125 Å². The van der Waals surface area contributed by atoms with Crippen molar-refractivity contribution in [2.75, 3.05) is 12.3 Å². The van der Waals surface area contributed by atoms with Gasteiger partial charge in [-0.25, -0.2) is 0 Å². The van der Waals surface area contributed by atoms with E-state index >= 15 is 0 Å². The fraction of sp³-hybridized carbons (Fsp3) is 0.238. The van der Waals surface area contributed by atoms with Crippen LogP contribution < -0.4 is 37.1 Å². The SMILES string of the molecule is c1ccc(-c2ccc(P3CCCCCCCCCCCCCCCPP(c4ccccc4)P(c4ccccc4)P(c4ccccc4)P(c4ccccc4)P(c4ccccc4)P3c3ccccc3)cc2)cc1. The van der Waals surface area contributed by atoms with Gasteiger partial charge in [0.25, 0.3) is 0 Å². The Kier molecular flexibility index (Phi) is 21.9. The first-order chi connectivity index (χ1) is 35.3. The van der Waals surface area contributed by atoms with E-state index in [1.165, 1.54) is 107 Å². The lowest BCUT2D eigenvalue weighted by Crippen LogP contribution is -2.15. The lowest BCUT2D eigenvalue weighted by molar-refractivity contribution is 0.543. The Morgan fingerprint density at radius 1 is 0.225 bits per heavy atom. The second-order valence-corrected chi connectivity index (χ2v) is 50.3. The molecule has 0 N–H and O–H groups in total. The molecule has 362 valence electrons. The average molecular weight is 1080 g/mol. The summed E-state index contributed by atoms with van der Waals surface area (Å²) in [6, 6.07) is 93.8. The summed E-state index contributed by atoms with van der Waals surface area (Å²) in [6.07, 6.45) is 20.5. The Balaban J connectivity index is 1.30. The van der Waals surface area contributed by atoms with Crippen LogP contribution in [0.4, 0.5) is 0 Å². The highest BCUT2D eigenvalue weighted by molar-refractivity contribution is 9.02. The topological polar surface area (TPSA) is 0 Å². The van der Waals surface area contributed by atoms with Crippen LogP contribution >= 0.6 is 59.7 Å². The monoisotopic (exact) mass is 1070 g/mol. The molecule has 8 aromatic carbocycles. The van der Waals surface area contributed by atoms with Crippen molar-refractivity contribution in [3.05, 3.63) is 237 Å². The van der Waals surface area contributed by atoms with Crippen LogP contribution in [0.3, 0.4) is 0 Å². The minimum absolute atomic E-state index is 0.510. The Morgan fingerprint density at radius 2 is 0.521 bits per heavy atom. The van der Waals surface area contributed by atoms with Crippen LogP contribution in [-0.4, -0.2) is 12.3 Å². The van der Waals surface area contributed by atoms with Gasteiger partial charge in [0, 0.05) is 0 Å². The second-order valence-electron chi connectivity index (χ2n) is 18.3. The Bertz CT molecular complexity index is 2680. The lowest BCUT2D eigenvalue weighted by Gasteiger charge is -2.47. The highest BCUT2D eigenvalue weighted by Gasteiger charge is 2.46. The van der Waals surface area contributed by atoms with E-state index in [2.05, 4.69) is 237 Å². The van der Waals surface area contributed by atoms with Gasteiger partial charge in [-0.1, -0.05) is 315 Å². The molecular formula is C63H70P8. The van der Waals surface area contributed by atoms with Gasteiger partial charge in [-0.15, -0.1) is 0 Å². The molecule has 71 heavy (non-hydrogen) atoms. The number of hydrogen-bond donors (Lipinski definition) is 0. The first-order valence-electron chi connectivity index (χ1n) is 26.1. The summed E-state index contributed by atoms with van der Waals surface area (Å²) in [5, 5.41) is 11.2. The fourth-order valence-corrected chi connectivity index (χ4v) is 87.0. The molecule has 8 atom stereocenters. The Labute approximate surface area is 437 Å². The molecule has 8 heteroatoms. The molecule has 0 bridgehead atoms. The maximum atomic E-state index is 2.58. The van der Waals surface area contributed by atoms with Crippen molar-refractivity contribution in [3.8, 4) is 11.1 Å². The van der Waals surface area contributed by atoms with Gasteiger partial charge < -0.3 is 0 Å². The van der Waals surface area contributed by atoms with E-state index in [0.717, 1.165) is 8.27 Å². The number of benzene rings is 8. The van der Waals surface area contributed by atoms with E-state index < -0.39 is 51.4 Å². The van der Waals surface area contributed by atoms with Crippen LogP contribution in [0.25, 0.3) is 11.1 Å². The summed E-state index contributed by atoms with van der Waals surface area (Å²) in [4.78, 5) is 0. The zero-order chi connectivity index (χ0) is 48.1. The third kappa shape index (κ3) is 15.0. The molecule has 0 aromatic heterocycles. The van der Waals surface area contributed by atoms with Crippen LogP contribution in [0.2, 0.25) is 0 Å². The molecule has 1 aliphatic rings. The third-order valence-electron chi connectivity index (χ3n) is 13.2. The smallest absolute Gasteiger partial charge is 0.00564 e. The highest BCUT2D eigenvalue weighted by Crippen LogP contribution is 3.09. The molecule has 0 aliphatic carbocycles. The number of hydrogen-bond acceptors (Lipinski definition) is 0. The van der Waals surface area contributed by atoms with Crippen molar-refractivity contribution in [1.29, 1.82) is 0 Å². The van der Waals surface area contributed by atoms with E-state index in [-0.39, 0.29) is 0 Å². The molecule has 8 unspecified atom stereocenters. The predicted octanol–water partition coefficient (Wildman–Crippen LogP) is 19.5. The largest absolute Gasteiger partial charge is 0.0862 e. The average Bonchev–Trinajstić information content (AvgIpc) is 3.44. The molecule has 0 saturated carbocycles. The normalized spacial score (nSPS) is 23.1. The molecule has 0 amide bonds. The molecule has 1 heterocycles. The molecule has 1 aliphatic heterocycles. The van der Waals surface area contributed by atoms with E-state index in [9.17, 15) is 0 Å². The summed E-state index contributed by atoms with van der Waals surface area (Å²) < 4.78 is 0. The standard InChI is InChI=1S/C63H70P8/c1-2-4-6-8-10-33-53-64-66(58-37-21-13-22-38-58)68(60-41-25-15-26-42-60)70(62-45-29-17-30-46-62)71(63-47-31-18-32-48-63)69(61-43-27-16-28-44-61)67(59-39-23-14-24-40-59)65(54-34-11-9-7-5-3-1)57-51-49-56(50-52-57)55-35-19-12-20-36-55/h12-32,35-52,64H,1-11,33-34,53-54H2. The maximum Gasteiger partial charge on any atom is -0.00564 e. The van der Waals surface area contributed by atoms with Crippen LogP contribution in [-0.2, 0) is 0 Å². The lowest BCUT2D eigenvalue weighted by atomic mass is 10.0. The molecule has 0 radical (unpaired) electrons. The van der Waals surface area contributed by atoms with Gasteiger partial charge in [0.05, 0.1) is 0 Å². The van der Waals surface area contributed by atoms with E-state index in [0.29, 0.717) is 0 Å². The minimum atomic E-state index is -0.771. The minimum Gasteiger partial charge on any atom is -0.0862 e. The summed E-state index contributed by atoms with van der Waals surface area (Å²) >= 11 is 0. The Hall–Kier alpha value is -2.80. The van der Waals surface area contributed by atoms with Gasteiger partial charge in [-0.3, -0.25) is 0 Å². The van der Waals surface area contributed by atoms with Crippen molar-refractivity contribution < 1.29 is 0 Å². The second kappa shape index (κ2) is 29.3. The molecule has 0 spiro atoms. The summed E-state index contributed by atoms with van der Waals surface area (Å²) in [5.74, 6) is 0. The van der Waals surface area contributed by atoms with Crippen LogP contribution in [0.15, 0.2) is 237 Å². The number of rotatable bonds is 8. The van der Waals surface area contributed by atoms with Gasteiger partial charge in [0.2, 0.25) is 0 Å². The van der Waals surface area contributed by atoms with Crippen LogP contribution in [0.1, 0.15) is 83.5 Å². The van der Waals surface area contributed by atoms with Crippen molar-refractivity contribution in [3.63, 3.8) is 0 Å². The van der Waals surface area contributed by atoms with Crippen LogP contribution in [0, 0.1) is 0 Å². The molecule has 8 aromatic rings. The van der Waals surface area contributed by atoms with Gasteiger partial charge in [0.1, 0.15) is 0 Å². The van der Waals surface area contributed by atoms with Crippen molar-refractivity contribution in [2.24, 2.45) is 0 Å². The molecule has 1 saturated heterocycles. The predicted molar refractivity (Wildman–Crippen MR) is 334 cm³/mol. The maximum absolute atomic E-state index is 2.58. The quantitative estimate of drug-likeness (QED) is 0.133. The molecular weight excluding hydrogens is 1000 g/mol. The van der Waals surface area contributed by atoms with Crippen LogP contribution in [0.5, 0.6) is 0 Å². The van der Waals surface area contributed by atoms with E-state index in [1.807, 2.05) is 0 Å². The first kappa shape index (κ1) is 53.0.